The predicted molar refractivity (Wildman–Crippen MR) is 76.8 cm³/mol. The van der Waals surface area contributed by atoms with Gasteiger partial charge >= 0.3 is 5.69 Å². The third-order valence-electron chi connectivity index (χ3n) is 2.64. The normalized spacial score (nSPS) is 10.2. The molecule has 0 spiro atoms. The Morgan fingerprint density at radius 1 is 1.33 bits per heavy atom. The van der Waals surface area contributed by atoms with Crippen LogP contribution in [0.5, 0.6) is 5.75 Å². The maximum atomic E-state index is 13.6. The lowest BCUT2D eigenvalue weighted by Gasteiger charge is -2.08. The van der Waals surface area contributed by atoms with Crippen LogP contribution in [-0.2, 0) is 0 Å². The molecule has 0 aliphatic heterocycles. The standard InChI is InChI=1S/C13H8BrFN2O4/c14-8-2-1-3-9(15)12(8)16-13(19)7-4-5-10(17(20)21)11(18)6-7/h1-6,18H,(H,16,19). The number of hydrogen-bond acceptors (Lipinski definition) is 4. The number of nitro benzene ring substituents is 1. The molecule has 0 saturated carbocycles. The Kier molecular flexibility index (Phi) is 4.18. The van der Waals surface area contributed by atoms with Crippen LogP contribution in [0, 0.1) is 15.9 Å². The first-order chi connectivity index (χ1) is 9.90. The van der Waals surface area contributed by atoms with Crippen LogP contribution >= 0.6 is 15.9 Å². The second-order valence-electron chi connectivity index (χ2n) is 4.01. The summed E-state index contributed by atoms with van der Waals surface area (Å²) in [5, 5.41) is 22.4. The monoisotopic (exact) mass is 354 g/mol. The molecule has 2 aromatic rings. The Morgan fingerprint density at radius 2 is 2.05 bits per heavy atom. The van der Waals surface area contributed by atoms with Gasteiger partial charge in [0.2, 0.25) is 0 Å². The molecule has 1 amide bonds. The summed E-state index contributed by atoms with van der Waals surface area (Å²) in [6.07, 6.45) is 0. The fourth-order valence-electron chi connectivity index (χ4n) is 1.62. The zero-order valence-electron chi connectivity index (χ0n) is 10.3. The average Bonchev–Trinajstić information content (AvgIpc) is 2.42. The van der Waals surface area contributed by atoms with Gasteiger partial charge in [-0.3, -0.25) is 14.9 Å². The minimum absolute atomic E-state index is 0.0340. The molecule has 2 rings (SSSR count). The van der Waals surface area contributed by atoms with E-state index in [-0.39, 0.29) is 11.3 Å². The highest BCUT2D eigenvalue weighted by atomic mass is 79.9. The summed E-state index contributed by atoms with van der Waals surface area (Å²) in [4.78, 5) is 21.8. The lowest BCUT2D eigenvalue weighted by molar-refractivity contribution is -0.385. The van der Waals surface area contributed by atoms with E-state index in [1.807, 2.05) is 0 Å². The van der Waals surface area contributed by atoms with Crippen molar-refractivity contribution in [2.75, 3.05) is 5.32 Å². The van der Waals surface area contributed by atoms with E-state index in [4.69, 9.17) is 0 Å². The molecule has 2 N–H and O–H groups in total. The third-order valence-corrected chi connectivity index (χ3v) is 3.30. The van der Waals surface area contributed by atoms with E-state index in [9.17, 15) is 24.4 Å². The van der Waals surface area contributed by atoms with Gasteiger partial charge in [-0.25, -0.2) is 4.39 Å². The number of carbonyl (C=O) groups is 1. The van der Waals surface area contributed by atoms with Crippen LogP contribution in [-0.4, -0.2) is 15.9 Å². The summed E-state index contributed by atoms with van der Waals surface area (Å²) in [6.45, 7) is 0. The number of para-hydroxylation sites is 1. The van der Waals surface area contributed by atoms with Gasteiger partial charge in [-0.05, 0) is 40.2 Å². The summed E-state index contributed by atoms with van der Waals surface area (Å²) in [7, 11) is 0. The molecule has 0 fully saturated rings. The van der Waals surface area contributed by atoms with Crippen molar-refractivity contribution in [1.82, 2.24) is 0 Å². The van der Waals surface area contributed by atoms with Gasteiger partial charge in [0.05, 0.1) is 10.6 Å². The van der Waals surface area contributed by atoms with Gasteiger partial charge in [0, 0.05) is 16.1 Å². The van der Waals surface area contributed by atoms with Gasteiger partial charge in [-0.15, -0.1) is 0 Å². The van der Waals surface area contributed by atoms with Crippen molar-refractivity contribution in [3.05, 3.63) is 62.4 Å². The summed E-state index contributed by atoms with van der Waals surface area (Å²) in [5.41, 5.74) is -0.604. The first-order valence-electron chi connectivity index (χ1n) is 5.63. The van der Waals surface area contributed by atoms with Gasteiger partial charge in [0.1, 0.15) is 5.82 Å². The van der Waals surface area contributed by atoms with Crippen LogP contribution in [0.4, 0.5) is 15.8 Å². The van der Waals surface area contributed by atoms with Gasteiger partial charge in [0.25, 0.3) is 5.91 Å². The summed E-state index contributed by atoms with van der Waals surface area (Å²) >= 11 is 3.10. The van der Waals surface area contributed by atoms with E-state index in [1.165, 1.54) is 18.2 Å². The molecule has 6 nitrogen and oxygen atoms in total. The van der Waals surface area contributed by atoms with Crippen molar-refractivity contribution in [3.8, 4) is 5.75 Å². The number of anilines is 1. The Hall–Kier alpha value is -2.48. The van der Waals surface area contributed by atoms with Crippen LogP contribution in [0.1, 0.15) is 10.4 Å². The number of halogens is 2. The first-order valence-corrected chi connectivity index (χ1v) is 6.42. The van der Waals surface area contributed by atoms with E-state index in [1.54, 1.807) is 6.07 Å². The number of phenols is 1. The maximum Gasteiger partial charge on any atom is 0.310 e. The number of benzene rings is 2. The Morgan fingerprint density at radius 3 is 2.62 bits per heavy atom. The molecule has 0 atom stereocenters. The minimum Gasteiger partial charge on any atom is -0.502 e. The summed E-state index contributed by atoms with van der Waals surface area (Å²) in [6, 6.07) is 7.30. The molecule has 0 aromatic heterocycles. The van der Waals surface area contributed by atoms with Crippen LogP contribution in [0.15, 0.2) is 40.9 Å². The maximum absolute atomic E-state index is 13.6. The molecule has 21 heavy (non-hydrogen) atoms. The molecular weight excluding hydrogens is 347 g/mol. The van der Waals surface area contributed by atoms with Crippen molar-refractivity contribution < 1.29 is 19.2 Å². The Balaban J connectivity index is 2.29. The Bertz CT molecular complexity index is 716. The highest BCUT2D eigenvalue weighted by molar-refractivity contribution is 9.10. The largest absolute Gasteiger partial charge is 0.502 e. The molecule has 0 saturated heterocycles. The van der Waals surface area contributed by atoms with Crippen molar-refractivity contribution >= 4 is 33.2 Å². The number of amides is 1. The number of aromatic hydroxyl groups is 1. The van der Waals surface area contributed by atoms with Crippen LogP contribution in [0.2, 0.25) is 0 Å². The summed E-state index contributed by atoms with van der Waals surface area (Å²) in [5.74, 6) is -1.98. The number of phenolic OH excluding ortho intramolecular Hbond substituents is 1. The van der Waals surface area contributed by atoms with Crippen LogP contribution < -0.4 is 5.32 Å². The first kappa shape index (κ1) is 14.9. The SMILES string of the molecule is O=C(Nc1c(F)cccc1Br)c1ccc([N+](=O)[O-])c(O)c1. The number of nitrogens with zero attached hydrogens (tertiary/aromatic N) is 1. The predicted octanol–water partition coefficient (Wildman–Crippen LogP) is 3.45. The molecule has 0 heterocycles. The Labute approximate surface area is 126 Å². The zero-order valence-corrected chi connectivity index (χ0v) is 11.9. The van der Waals surface area contributed by atoms with Crippen molar-refractivity contribution in [1.29, 1.82) is 0 Å². The third kappa shape index (κ3) is 3.16. The number of hydrogen-bond donors (Lipinski definition) is 2. The van der Waals surface area contributed by atoms with Crippen LogP contribution in [0.25, 0.3) is 0 Å². The topological polar surface area (TPSA) is 92.5 Å². The second-order valence-corrected chi connectivity index (χ2v) is 4.87. The molecule has 0 aliphatic carbocycles. The number of nitro groups is 1. The van der Waals surface area contributed by atoms with E-state index in [2.05, 4.69) is 21.2 Å². The second kappa shape index (κ2) is 5.88. The molecule has 0 bridgehead atoms. The fraction of sp³-hybridized carbons (Fsp3) is 0. The minimum atomic E-state index is -0.773. The van der Waals surface area contributed by atoms with E-state index >= 15 is 0 Å². The lowest BCUT2D eigenvalue weighted by Crippen LogP contribution is -2.13. The van der Waals surface area contributed by atoms with E-state index < -0.39 is 28.1 Å². The molecular formula is C13H8BrFN2O4. The van der Waals surface area contributed by atoms with Gasteiger partial charge in [-0.1, -0.05) is 6.07 Å². The smallest absolute Gasteiger partial charge is 0.310 e. The van der Waals surface area contributed by atoms with Gasteiger partial charge in [-0.2, -0.15) is 0 Å². The van der Waals surface area contributed by atoms with Crippen molar-refractivity contribution in [2.45, 2.75) is 0 Å². The fourth-order valence-corrected chi connectivity index (χ4v) is 2.06. The van der Waals surface area contributed by atoms with Gasteiger partial charge in [0.15, 0.2) is 5.75 Å². The van der Waals surface area contributed by atoms with E-state index in [0.717, 1.165) is 12.1 Å². The summed E-state index contributed by atoms with van der Waals surface area (Å²) < 4.78 is 13.9. The lowest BCUT2D eigenvalue weighted by atomic mass is 10.1. The van der Waals surface area contributed by atoms with Gasteiger partial charge < -0.3 is 10.4 Å². The number of nitrogens with one attached hydrogen (secondary N) is 1. The zero-order chi connectivity index (χ0) is 15.6. The quantitative estimate of drug-likeness (QED) is 0.652. The molecule has 8 heteroatoms. The average molecular weight is 355 g/mol. The molecule has 108 valence electrons. The molecule has 0 radical (unpaired) electrons. The van der Waals surface area contributed by atoms with Crippen molar-refractivity contribution in [2.24, 2.45) is 0 Å². The number of carbonyl (C=O) groups excluding carboxylic acids is 1. The highest BCUT2D eigenvalue weighted by Crippen LogP contribution is 2.28. The van der Waals surface area contributed by atoms with E-state index in [0.29, 0.717) is 4.47 Å². The van der Waals surface area contributed by atoms with Crippen molar-refractivity contribution in [3.63, 3.8) is 0 Å². The number of rotatable bonds is 3. The molecule has 0 unspecified atom stereocenters. The molecule has 2 aromatic carbocycles. The molecule has 0 aliphatic rings. The van der Waals surface area contributed by atoms with Crippen LogP contribution in [0.3, 0.4) is 0 Å². The highest BCUT2D eigenvalue weighted by Gasteiger charge is 2.17.